The SMILES string of the molecule is CCNCCC(C)(C)c1ccccc1OCCOC. The molecule has 0 aliphatic rings. The number of hydrogen-bond donors (Lipinski definition) is 1. The molecule has 0 amide bonds. The van der Waals surface area contributed by atoms with Crippen molar-refractivity contribution in [3.8, 4) is 5.75 Å². The Balaban J connectivity index is 2.73. The molecule has 0 spiro atoms. The van der Waals surface area contributed by atoms with Crippen molar-refractivity contribution >= 4 is 0 Å². The van der Waals surface area contributed by atoms with Crippen molar-refractivity contribution in [1.82, 2.24) is 5.32 Å². The average molecular weight is 265 g/mol. The second-order valence-corrected chi connectivity index (χ2v) is 5.32. The minimum Gasteiger partial charge on any atom is -0.491 e. The lowest BCUT2D eigenvalue weighted by atomic mass is 9.81. The number of methoxy groups -OCH3 is 1. The van der Waals surface area contributed by atoms with Gasteiger partial charge in [0.25, 0.3) is 0 Å². The van der Waals surface area contributed by atoms with Crippen LogP contribution in [-0.4, -0.2) is 33.4 Å². The lowest BCUT2D eigenvalue weighted by Crippen LogP contribution is -2.26. The third-order valence-corrected chi connectivity index (χ3v) is 3.34. The van der Waals surface area contributed by atoms with Gasteiger partial charge in [-0.05, 0) is 36.6 Å². The number of rotatable bonds is 9. The molecule has 1 N–H and O–H groups in total. The molecular formula is C16H27NO2. The van der Waals surface area contributed by atoms with Gasteiger partial charge in [-0.1, -0.05) is 39.0 Å². The Bertz CT molecular complexity index is 364. The Labute approximate surface area is 117 Å². The molecule has 0 aliphatic carbocycles. The lowest BCUT2D eigenvalue weighted by Gasteiger charge is -2.27. The van der Waals surface area contributed by atoms with Crippen molar-refractivity contribution in [2.24, 2.45) is 0 Å². The van der Waals surface area contributed by atoms with E-state index in [0.29, 0.717) is 13.2 Å². The predicted octanol–water partition coefficient (Wildman–Crippen LogP) is 2.99. The summed E-state index contributed by atoms with van der Waals surface area (Å²) in [6, 6.07) is 8.30. The largest absolute Gasteiger partial charge is 0.491 e. The maximum atomic E-state index is 5.82. The van der Waals surface area contributed by atoms with E-state index >= 15 is 0 Å². The van der Waals surface area contributed by atoms with Crippen LogP contribution in [0, 0.1) is 0 Å². The average Bonchev–Trinajstić information content (AvgIpc) is 2.40. The zero-order valence-corrected chi connectivity index (χ0v) is 12.7. The number of hydrogen-bond acceptors (Lipinski definition) is 3. The summed E-state index contributed by atoms with van der Waals surface area (Å²) in [7, 11) is 1.69. The Kier molecular flexibility index (Phi) is 6.89. The summed E-state index contributed by atoms with van der Waals surface area (Å²) < 4.78 is 10.9. The van der Waals surface area contributed by atoms with Gasteiger partial charge in [-0.3, -0.25) is 0 Å². The van der Waals surface area contributed by atoms with Crippen LogP contribution in [0.3, 0.4) is 0 Å². The van der Waals surface area contributed by atoms with Gasteiger partial charge < -0.3 is 14.8 Å². The Morgan fingerprint density at radius 2 is 1.89 bits per heavy atom. The van der Waals surface area contributed by atoms with Crippen LogP contribution in [0.2, 0.25) is 0 Å². The third-order valence-electron chi connectivity index (χ3n) is 3.34. The van der Waals surface area contributed by atoms with E-state index in [2.05, 4.69) is 38.2 Å². The van der Waals surface area contributed by atoms with E-state index in [4.69, 9.17) is 9.47 Å². The van der Waals surface area contributed by atoms with E-state index in [9.17, 15) is 0 Å². The molecule has 0 saturated carbocycles. The van der Waals surface area contributed by atoms with Gasteiger partial charge in [-0.2, -0.15) is 0 Å². The van der Waals surface area contributed by atoms with Crippen LogP contribution in [-0.2, 0) is 10.2 Å². The van der Waals surface area contributed by atoms with Gasteiger partial charge >= 0.3 is 0 Å². The summed E-state index contributed by atoms with van der Waals surface area (Å²) in [6.07, 6.45) is 1.09. The fourth-order valence-electron chi connectivity index (χ4n) is 2.10. The van der Waals surface area contributed by atoms with Gasteiger partial charge in [0, 0.05) is 7.11 Å². The van der Waals surface area contributed by atoms with Gasteiger partial charge in [-0.15, -0.1) is 0 Å². The lowest BCUT2D eigenvalue weighted by molar-refractivity contribution is 0.145. The van der Waals surface area contributed by atoms with E-state index < -0.39 is 0 Å². The Morgan fingerprint density at radius 1 is 1.16 bits per heavy atom. The van der Waals surface area contributed by atoms with E-state index in [1.807, 2.05) is 12.1 Å². The van der Waals surface area contributed by atoms with Crippen molar-refractivity contribution in [2.75, 3.05) is 33.4 Å². The van der Waals surface area contributed by atoms with Crippen molar-refractivity contribution in [1.29, 1.82) is 0 Å². The first-order valence-corrected chi connectivity index (χ1v) is 7.03. The number of ether oxygens (including phenoxy) is 2. The van der Waals surface area contributed by atoms with E-state index in [0.717, 1.165) is 25.3 Å². The topological polar surface area (TPSA) is 30.5 Å². The third kappa shape index (κ3) is 5.21. The predicted molar refractivity (Wildman–Crippen MR) is 80.0 cm³/mol. The molecule has 108 valence electrons. The highest BCUT2D eigenvalue weighted by Gasteiger charge is 2.23. The zero-order valence-electron chi connectivity index (χ0n) is 12.7. The Hall–Kier alpha value is -1.06. The highest BCUT2D eigenvalue weighted by Crippen LogP contribution is 2.33. The second-order valence-electron chi connectivity index (χ2n) is 5.32. The molecule has 0 aliphatic heterocycles. The summed E-state index contributed by atoms with van der Waals surface area (Å²) in [4.78, 5) is 0. The highest BCUT2D eigenvalue weighted by atomic mass is 16.5. The van der Waals surface area contributed by atoms with E-state index in [1.54, 1.807) is 7.11 Å². The number of nitrogens with one attached hydrogen (secondary N) is 1. The molecule has 0 unspecified atom stereocenters. The summed E-state index contributed by atoms with van der Waals surface area (Å²) in [5.74, 6) is 0.973. The monoisotopic (exact) mass is 265 g/mol. The molecule has 0 aromatic heterocycles. The van der Waals surface area contributed by atoms with E-state index in [1.165, 1.54) is 5.56 Å². The molecule has 0 bridgehead atoms. The molecule has 0 heterocycles. The molecule has 1 aromatic rings. The molecule has 0 fully saturated rings. The smallest absolute Gasteiger partial charge is 0.123 e. The summed E-state index contributed by atoms with van der Waals surface area (Å²) >= 11 is 0. The van der Waals surface area contributed by atoms with Crippen molar-refractivity contribution in [3.63, 3.8) is 0 Å². The van der Waals surface area contributed by atoms with Gasteiger partial charge in [0.1, 0.15) is 12.4 Å². The van der Waals surface area contributed by atoms with Gasteiger partial charge in [0.05, 0.1) is 6.61 Å². The van der Waals surface area contributed by atoms with Crippen molar-refractivity contribution < 1.29 is 9.47 Å². The minimum atomic E-state index is 0.103. The first-order valence-electron chi connectivity index (χ1n) is 7.03. The van der Waals surface area contributed by atoms with Crippen molar-refractivity contribution in [2.45, 2.75) is 32.6 Å². The van der Waals surface area contributed by atoms with E-state index in [-0.39, 0.29) is 5.41 Å². The highest BCUT2D eigenvalue weighted by molar-refractivity contribution is 5.38. The molecule has 0 saturated heterocycles. The molecule has 19 heavy (non-hydrogen) atoms. The molecule has 0 atom stereocenters. The maximum absolute atomic E-state index is 5.82. The van der Waals surface area contributed by atoms with Crippen LogP contribution in [0.5, 0.6) is 5.75 Å². The van der Waals surface area contributed by atoms with Gasteiger partial charge in [0.15, 0.2) is 0 Å². The van der Waals surface area contributed by atoms with Gasteiger partial charge in [0.2, 0.25) is 0 Å². The number of benzene rings is 1. The maximum Gasteiger partial charge on any atom is 0.123 e. The molecule has 1 rings (SSSR count). The van der Waals surface area contributed by atoms with Crippen LogP contribution in [0.4, 0.5) is 0 Å². The van der Waals surface area contributed by atoms with Crippen LogP contribution < -0.4 is 10.1 Å². The van der Waals surface area contributed by atoms with Crippen LogP contribution >= 0.6 is 0 Å². The summed E-state index contributed by atoms with van der Waals surface area (Å²) in [5.41, 5.74) is 1.37. The standard InChI is InChI=1S/C16H27NO2/c1-5-17-11-10-16(2,3)14-8-6-7-9-15(14)19-13-12-18-4/h6-9,17H,5,10-13H2,1-4H3. The number of para-hydroxylation sites is 1. The van der Waals surface area contributed by atoms with Gasteiger partial charge in [-0.25, -0.2) is 0 Å². The first-order chi connectivity index (χ1) is 9.11. The zero-order chi connectivity index (χ0) is 14.1. The van der Waals surface area contributed by atoms with Crippen molar-refractivity contribution in [3.05, 3.63) is 29.8 Å². The molecule has 3 nitrogen and oxygen atoms in total. The second kappa shape index (κ2) is 8.18. The quantitative estimate of drug-likeness (QED) is 0.696. The normalized spacial score (nSPS) is 11.6. The fourth-order valence-corrected chi connectivity index (χ4v) is 2.10. The molecular weight excluding hydrogens is 238 g/mol. The summed E-state index contributed by atoms with van der Waals surface area (Å²) in [6.45, 7) is 9.92. The van der Waals surface area contributed by atoms with Crippen LogP contribution in [0.15, 0.2) is 24.3 Å². The van der Waals surface area contributed by atoms with Crippen LogP contribution in [0.1, 0.15) is 32.8 Å². The summed E-state index contributed by atoms with van der Waals surface area (Å²) in [5, 5.41) is 3.39. The minimum absolute atomic E-state index is 0.103. The molecule has 1 aromatic carbocycles. The first kappa shape index (κ1) is 16.0. The molecule has 0 radical (unpaired) electrons. The molecule has 3 heteroatoms. The fraction of sp³-hybridized carbons (Fsp3) is 0.625. The Morgan fingerprint density at radius 3 is 2.58 bits per heavy atom. The van der Waals surface area contributed by atoms with Crippen LogP contribution in [0.25, 0.3) is 0 Å².